The van der Waals surface area contributed by atoms with E-state index in [1.54, 1.807) is 54.6 Å². The van der Waals surface area contributed by atoms with Crippen molar-refractivity contribution in [2.75, 3.05) is 0 Å². The summed E-state index contributed by atoms with van der Waals surface area (Å²) in [7, 11) is 0. The number of pyridine rings is 1. The predicted molar refractivity (Wildman–Crippen MR) is 115 cm³/mol. The topological polar surface area (TPSA) is 12.9 Å². The average Bonchev–Trinajstić information content (AvgIpc) is 2.82. The molecule has 0 radical (unpaired) electrons. The number of hydrogen-bond donors (Lipinski definition) is 0. The third kappa shape index (κ3) is 3.41. The van der Waals surface area contributed by atoms with E-state index in [-0.39, 0.29) is 27.8 Å². The molecular formula is C26H23N. The van der Waals surface area contributed by atoms with Crippen LogP contribution in [0, 0.1) is 20.6 Å². The SMILES string of the molecule is [2H]C([2H])([2H])c1cnc(-c2ccccc2)cc1-c1c(C([2H])([2H])[2H])cc(-c2ccccc2)cc1C([2H])([2H])[2H]. The van der Waals surface area contributed by atoms with Gasteiger partial charge in [-0.05, 0) is 65.6 Å². The minimum atomic E-state index is -2.72. The lowest BCUT2D eigenvalue weighted by molar-refractivity contribution is 1.26. The molecule has 3 aromatic carbocycles. The van der Waals surface area contributed by atoms with Gasteiger partial charge < -0.3 is 0 Å². The van der Waals surface area contributed by atoms with Gasteiger partial charge in [-0.1, -0.05) is 72.8 Å². The molecule has 0 atom stereocenters. The fourth-order valence-electron chi connectivity index (χ4n) is 3.16. The summed E-state index contributed by atoms with van der Waals surface area (Å²) in [6, 6.07) is 22.2. The maximum absolute atomic E-state index is 8.26. The number of benzene rings is 3. The van der Waals surface area contributed by atoms with Gasteiger partial charge in [0.2, 0.25) is 0 Å². The van der Waals surface area contributed by atoms with Gasteiger partial charge in [-0.3, -0.25) is 4.98 Å². The maximum Gasteiger partial charge on any atom is 0.0708 e. The van der Waals surface area contributed by atoms with Crippen LogP contribution in [-0.2, 0) is 0 Å². The minimum Gasteiger partial charge on any atom is -0.256 e. The van der Waals surface area contributed by atoms with Gasteiger partial charge in [0, 0.05) is 24.1 Å². The van der Waals surface area contributed by atoms with Gasteiger partial charge in [0.15, 0.2) is 0 Å². The Balaban J connectivity index is 2.14. The smallest absolute Gasteiger partial charge is 0.0708 e. The van der Waals surface area contributed by atoms with E-state index in [1.165, 1.54) is 24.4 Å². The van der Waals surface area contributed by atoms with Gasteiger partial charge in [0.1, 0.15) is 0 Å². The molecule has 0 amide bonds. The summed E-state index contributed by atoms with van der Waals surface area (Å²) in [5.74, 6) is 0. The highest BCUT2D eigenvalue weighted by atomic mass is 14.7. The van der Waals surface area contributed by atoms with Gasteiger partial charge >= 0.3 is 0 Å². The molecule has 0 bridgehead atoms. The van der Waals surface area contributed by atoms with Crippen LogP contribution in [0.15, 0.2) is 85.1 Å². The van der Waals surface area contributed by atoms with E-state index in [0.29, 0.717) is 22.4 Å². The molecule has 0 saturated carbocycles. The lowest BCUT2D eigenvalue weighted by Crippen LogP contribution is -1.95. The van der Waals surface area contributed by atoms with Crippen molar-refractivity contribution in [3.05, 3.63) is 102 Å². The molecule has 27 heavy (non-hydrogen) atoms. The third-order valence-corrected chi connectivity index (χ3v) is 4.49. The molecule has 4 aromatic rings. The van der Waals surface area contributed by atoms with Crippen molar-refractivity contribution in [2.24, 2.45) is 0 Å². The van der Waals surface area contributed by atoms with Crippen LogP contribution < -0.4 is 0 Å². The zero-order chi connectivity index (χ0) is 26.3. The Morgan fingerprint density at radius 3 is 1.81 bits per heavy atom. The number of aryl methyl sites for hydroxylation is 3. The molecule has 132 valence electrons. The van der Waals surface area contributed by atoms with E-state index in [4.69, 9.17) is 12.3 Å². The van der Waals surface area contributed by atoms with Crippen LogP contribution in [0.1, 0.15) is 29.0 Å². The van der Waals surface area contributed by atoms with Crippen molar-refractivity contribution >= 4 is 0 Å². The Bertz CT molecular complexity index is 1340. The number of hydrogen-bond acceptors (Lipinski definition) is 1. The molecule has 0 N–H and O–H groups in total. The predicted octanol–water partition coefficient (Wildman–Crippen LogP) is 7.01. The maximum atomic E-state index is 8.26. The Kier molecular flexibility index (Phi) is 2.58. The molecule has 0 aliphatic rings. The van der Waals surface area contributed by atoms with Crippen LogP contribution in [0.3, 0.4) is 0 Å². The molecule has 0 saturated heterocycles. The van der Waals surface area contributed by atoms with E-state index in [0.717, 1.165) is 0 Å². The lowest BCUT2D eigenvalue weighted by Gasteiger charge is -2.16. The Labute approximate surface area is 174 Å². The molecule has 0 aliphatic heterocycles. The van der Waals surface area contributed by atoms with Crippen LogP contribution in [-0.4, -0.2) is 4.98 Å². The normalized spacial score (nSPS) is 17.1. The molecular weight excluding hydrogens is 326 g/mol. The molecule has 1 nitrogen and oxygen atoms in total. The summed E-state index contributed by atoms with van der Waals surface area (Å²) in [5, 5.41) is 0. The fourth-order valence-corrected chi connectivity index (χ4v) is 3.16. The van der Waals surface area contributed by atoms with Crippen molar-refractivity contribution in [2.45, 2.75) is 20.6 Å². The monoisotopic (exact) mass is 358 g/mol. The zero-order valence-electron chi connectivity index (χ0n) is 23.5. The van der Waals surface area contributed by atoms with Crippen LogP contribution in [0.5, 0.6) is 0 Å². The summed E-state index contributed by atoms with van der Waals surface area (Å²) in [6.07, 6.45) is 1.18. The first-order chi connectivity index (χ1) is 16.8. The first kappa shape index (κ1) is 9.66. The first-order valence-corrected chi connectivity index (χ1v) is 8.57. The van der Waals surface area contributed by atoms with E-state index < -0.39 is 20.6 Å². The fraction of sp³-hybridized carbons (Fsp3) is 0.115. The van der Waals surface area contributed by atoms with Crippen molar-refractivity contribution in [1.82, 2.24) is 4.98 Å². The van der Waals surface area contributed by atoms with Crippen LogP contribution in [0.25, 0.3) is 33.5 Å². The van der Waals surface area contributed by atoms with Gasteiger partial charge in [-0.2, -0.15) is 0 Å². The molecule has 0 fully saturated rings. The van der Waals surface area contributed by atoms with Gasteiger partial charge in [0.25, 0.3) is 0 Å². The summed E-state index contributed by atoms with van der Waals surface area (Å²) in [5.41, 5.74) is 1.37. The standard InChI is InChI=1S/C26H23N/c1-18-14-23(21-10-6-4-7-11-21)15-19(2)26(18)24-16-25(27-17-20(24)3)22-12-8-5-9-13-22/h4-17H,1-3H3/i1D3,2D3,3D3. The molecule has 0 unspecified atom stereocenters. The van der Waals surface area contributed by atoms with Crippen LogP contribution in [0.2, 0.25) is 0 Å². The van der Waals surface area contributed by atoms with E-state index in [2.05, 4.69) is 4.98 Å². The minimum absolute atomic E-state index is 0.0146. The largest absolute Gasteiger partial charge is 0.256 e. The van der Waals surface area contributed by atoms with E-state index >= 15 is 0 Å². The second-order valence-electron chi connectivity index (χ2n) is 6.29. The van der Waals surface area contributed by atoms with Gasteiger partial charge in [-0.25, -0.2) is 0 Å². The zero-order valence-corrected chi connectivity index (χ0v) is 14.5. The Morgan fingerprint density at radius 2 is 1.22 bits per heavy atom. The lowest BCUT2D eigenvalue weighted by atomic mass is 9.89. The molecule has 1 aromatic heterocycles. The molecule has 4 rings (SSSR count). The van der Waals surface area contributed by atoms with Crippen molar-refractivity contribution < 1.29 is 12.3 Å². The van der Waals surface area contributed by atoms with Crippen molar-refractivity contribution in [1.29, 1.82) is 0 Å². The van der Waals surface area contributed by atoms with Crippen LogP contribution >= 0.6 is 0 Å². The third-order valence-electron chi connectivity index (χ3n) is 4.49. The Morgan fingerprint density at radius 1 is 0.630 bits per heavy atom. The molecule has 0 spiro atoms. The van der Waals surface area contributed by atoms with Crippen LogP contribution in [0.4, 0.5) is 0 Å². The second-order valence-corrected chi connectivity index (χ2v) is 6.29. The summed E-state index contributed by atoms with van der Waals surface area (Å²) < 4.78 is 73.8. The summed E-state index contributed by atoms with van der Waals surface area (Å²) in [6.45, 7) is -8.10. The Hall–Kier alpha value is -3.19. The molecule has 0 aliphatic carbocycles. The number of rotatable bonds is 3. The average molecular weight is 359 g/mol. The number of nitrogens with zero attached hydrogens (tertiary/aromatic N) is 1. The number of aromatic nitrogens is 1. The first-order valence-electron chi connectivity index (χ1n) is 13.1. The highest BCUT2D eigenvalue weighted by Gasteiger charge is 2.13. The summed E-state index contributed by atoms with van der Waals surface area (Å²) in [4.78, 5) is 4.31. The van der Waals surface area contributed by atoms with E-state index in [9.17, 15) is 0 Å². The highest BCUT2D eigenvalue weighted by Crippen LogP contribution is 2.35. The van der Waals surface area contributed by atoms with E-state index in [1.807, 2.05) is 6.07 Å². The quantitative estimate of drug-likeness (QED) is 0.384. The van der Waals surface area contributed by atoms with Crippen molar-refractivity contribution in [3.8, 4) is 33.5 Å². The highest BCUT2D eigenvalue weighted by molar-refractivity contribution is 5.80. The second kappa shape index (κ2) is 7.20. The molecule has 1 heterocycles. The molecule has 1 heteroatoms. The summed E-state index contributed by atoms with van der Waals surface area (Å²) >= 11 is 0. The van der Waals surface area contributed by atoms with Gasteiger partial charge in [0.05, 0.1) is 5.69 Å². The van der Waals surface area contributed by atoms with Crippen molar-refractivity contribution in [3.63, 3.8) is 0 Å². The van der Waals surface area contributed by atoms with Gasteiger partial charge in [-0.15, -0.1) is 0 Å².